The zero-order chi connectivity index (χ0) is 21.6. The maximum absolute atomic E-state index is 13.3. The minimum atomic E-state index is -0.0335. The molecule has 1 aromatic carbocycles. The quantitative estimate of drug-likeness (QED) is 0.573. The molecule has 3 heterocycles. The highest BCUT2D eigenvalue weighted by molar-refractivity contribution is 6.05. The maximum atomic E-state index is 13.3. The van der Waals surface area contributed by atoms with Gasteiger partial charge in [-0.25, -0.2) is 0 Å². The third-order valence-corrected chi connectivity index (χ3v) is 6.87. The lowest BCUT2D eigenvalue weighted by atomic mass is 9.89. The SMILES string of the molecule is CCCCCN1C2COCC1CC(NC(=O)c1nn(CCCCC)c3ccccc13)C2. The van der Waals surface area contributed by atoms with Gasteiger partial charge in [0.1, 0.15) is 0 Å². The third-order valence-electron chi connectivity index (χ3n) is 6.87. The van der Waals surface area contributed by atoms with Gasteiger partial charge in [-0.3, -0.25) is 14.4 Å². The number of piperidine rings is 1. The number of carbonyl (C=O) groups excluding carboxylic acids is 1. The lowest BCUT2D eigenvalue weighted by Crippen LogP contribution is -2.60. The van der Waals surface area contributed by atoms with Crippen LogP contribution in [0.4, 0.5) is 0 Å². The summed E-state index contributed by atoms with van der Waals surface area (Å²) in [4.78, 5) is 15.9. The summed E-state index contributed by atoms with van der Waals surface area (Å²) in [5, 5.41) is 9.02. The number of rotatable bonds is 10. The molecule has 0 spiro atoms. The molecular formula is C25H38N4O2. The minimum absolute atomic E-state index is 0.0335. The van der Waals surface area contributed by atoms with Gasteiger partial charge in [0, 0.05) is 30.1 Å². The number of para-hydroxylation sites is 1. The van der Waals surface area contributed by atoms with Gasteiger partial charge in [-0.2, -0.15) is 5.10 Å². The number of nitrogens with one attached hydrogen (secondary N) is 1. The number of fused-ring (bicyclic) bond motifs is 3. The molecule has 0 aliphatic carbocycles. The molecule has 1 N–H and O–H groups in total. The lowest BCUT2D eigenvalue weighted by molar-refractivity contribution is -0.0803. The fourth-order valence-corrected chi connectivity index (χ4v) is 5.25. The van der Waals surface area contributed by atoms with Crippen LogP contribution in [0, 0.1) is 0 Å². The highest BCUT2D eigenvalue weighted by Crippen LogP contribution is 2.29. The monoisotopic (exact) mass is 426 g/mol. The number of benzene rings is 1. The Morgan fingerprint density at radius 2 is 1.71 bits per heavy atom. The summed E-state index contributed by atoms with van der Waals surface area (Å²) >= 11 is 0. The average molecular weight is 427 g/mol. The standard InChI is InChI=1S/C25H38N4O2/c1-3-5-9-13-28-20-15-19(16-21(28)18-31-17-20)26-25(30)24-22-11-7-8-12-23(22)29(27-24)14-10-6-4-2/h7-8,11-12,19-21H,3-6,9-10,13-18H2,1-2H3,(H,26,30). The van der Waals surface area contributed by atoms with E-state index < -0.39 is 0 Å². The number of hydrogen-bond donors (Lipinski definition) is 1. The highest BCUT2D eigenvalue weighted by atomic mass is 16.5. The van der Waals surface area contributed by atoms with E-state index in [2.05, 4.69) is 30.1 Å². The summed E-state index contributed by atoms with van der Waals surface area (Å²) in [7, 11) is 0. The van der Waals surface area contributed by atoms with Crippen LogP contribution in [-0.4, -0.2) is 58.5 Å². The van der Waals surface area contributed by atoms with E-state index in [1.807, 2.05) is 22.9 Å². The number of amides is 1. The third kappa shape index (κ3) is 5.12. The first kappa shape index (κ1) is 22.3. The first-order valence-electron chi connectivity index (χ1n) is 12.3. The Hall–Kier alpha value is -1.92. The number of unbranched alkanes of at least 4 members (excludes halogenated alkanes) is 4. The summed E-state index contributed by atoms with van der Waals surface area (Å²) in [6.07, 6.45) is 9.15. The fourth-order valence-electron chi connectivity index (χ4n) is 5.25. The lowest BCUT2D eigenvalue weighted by Gasteiger charge is -2.48. The minimum Gasteiger partial charge on any atom is -0.378 e. The topological polar surface area (TPSA) is 59.4 Å². The van der Waals surface area contributed by atoms with Crippen molar-refractivity contribution >= 4 is 16.8 Å². The number of morpholine rings is 1. The van der Waals surface area contributed by atoms with Crippen molar-refractivity contribution in [3.05, 3.63) is 30.0 Å². The van der Waals surface area contributed by atoms with Crippen molar-refractivity contribution in [1.82, 2.24) is 20.0 Å². The van der Waals surface area contributed by atoms with Crippen LogP contribution >= 0.6 is 0 Å². The molecule has 170 valence electrons. The Morgan fingerprint density at radius 1 is 1.03 bits per heavy atom. The first-order chi connectivity index (χ1) is 15.2. The Balaban J connectivity index is 1.43. The molecular weight excluding hydrogens is 388 g/mol. The molecule has 2 fully saturated rings. The number of aryl methyl sites for hydroxylation is 1. The highest BCUT2D eigenvalue weighted by Gasteiger charge is 2.39. The van der Waals surface area contributed by atoms with E-state index in [4.69, 9.17) is 9.84 Å². The van der Waals surface area contributed by atoms with E-state index in [1.54, 1.807) is 0 Å². The zero-order valence-corrected chi connectivity index (χ0v) is 19.2. The first-order valence-corrected chi connectivity index (χ1v) is 12.3. The molecule has 2 aliphatic rings. The Bertz CT molecular complexity index is 850. The summed E-state index contributed by atoms with van der Waals surface area (Å²) < 4.78 is 7.86. The molecule has 2 saturated heterocycles. The van der Waals surface area contributed by atoms with Crippen LogP contribution in [0.25, 0.3) is 10.9 Å². The maximum Gasteiger partial charge on any atom is 0.272 e. The Morgan fingerprint density at radius 3 is 2.42 bits per heavy atom. The van der Waals surface area contributed by atoms with Gasteiger partial charge in [0.15, 0.2) is 5.69 Å². The van der Waals surface area contributed by atoms with E-state index >= 15 is 0 Å². The van der Waals surface area contributed by atoms with Gasteiger partial charge < -0.3 is 10.1 Å². The van der Waals surface area contributed by atoms with Crippen LogP contribution in [0.2, 0.25) is 0 Å². The molecule has 0 radical (unpaired) electrons. The molecule has 2 aliphatic heterocycles. The fraction of sp³-hybridized carbons (Fsp3) is 0.680. The number of hydrogen-bond acceptors (Lipinski definition) is 4. The predicted octanol–water partition coefficient (Wildman–Crippen LogP) is 4.38. The van der Waals surface area contributed by atoms with Crippen LogP contribution in [0.1, 0.15) is 75.7 Å². The van der Waals surface area contributed by atoms with Crippen molar-refractivity contribution in [1.29, 1.82) is 0 Å². The van der Waals surface area contributed by atoms with Crippen molar-refractivity contribution in [2.24, 2.45) is 0 Å². The van der Waals surface area contributed by atoms with Gasteiger partial charge in [0.05, 0.1) is 18.7 Å². The number of nitrogens with zero attached hydrogens (tertiary/aromatic N) is 3. The molecule has 2 bridgehead atoms. The zero-order valence-electron chi connectivity index (χ0n) is 19.2. The van der Waals surface area contributed by atoms with Gasteiger partial charge in [-0.15, -0.1) is 0 Å². The summed E-state index contributed by atoms with van der Waals surface area (Å²) in [6, 6.07) is 9.13. The van der Waals surface area contributed by atoms with Gasteiger partial charge in [0.25, 0.3) is 5.91 Å². The predicted molar refractivity (Wildman–Crippen MR) is 124 cm³/mol. The van der Waals surface area contributed by atoms with E-state index in [-0.39, 0.29) is 11.9 Å². The van der Waals surface area contributed by atoms with Crippen LogP contribution in [0.15, 0.2) is 24.3 Å². The summed E-state index contributed by atoms with van der Waals surface area (Å²) in [6.45, 7) is 8.03. The second kappa shape index (κ2) is 10.6. The smallest absolute Gasteiger partial charge is 0.272 e. The van der Waals surface area contributed by atoms with Crippen LogP contribution in [0.5, 0.6) is 0 Å². The second-order valence-electron chi connectivity index (χ2n) is 9.23. The van der Waals surface area contributed by atoms with Crippen LogP contribution in [-0.2, 0) is 11.3 Å². The van der Waals surface area contributed by atoms with Crippen LogP contribution < -0.4 is 5.32 Å². The molecule has 1 aromatic heterocycles. The van der Waals surface area contributed by atoms with Gasteiger partial charge >= 0.3 is 0 Å². The Labute approximate surface area is 186 Å². The van der Waals surface area contributed by atoms with Gasteiger partial charge in [0.2, 0.25) is 0 Å². The molecule has 31 heavy (non-hydrogen) atoms. The molecule has 2 atom stereocenters. The molecule has 6 nitrogen and oxygen atoms in total. The summed E-state index contributed by atoms with van der Waals surface area (Å²) in [5.41, 5.74) is 1.62. The number of ether oxygens (including phenoxy) is 1. The van der Waals surface area contributed by atoms with Gasteiger partial charge in [-0.05, 0) is 38.3 Å². The van der Waals surface area contributed by atoms with Crippen molar-refractivity contribution in [2.75, 3.05) is 19.8 Å². The van der Waals surface area contributed by atoms with Gasteiger partial charge in [-0.1, -0.05) is 57.7 Å². The molecule has 4 rings (SSSR count). The number of aromatic nitrogens is 2. The van der Waals surface area contributed by atoms with Crippen molar-refractivity contribution in [3.8, 4) is 0 Å². The molecule has 0 saturated carbocycles. The van der Waals surface area contributed by atoms with Crippen molar-refractivity contribution in [2.45, 2.75) is 89.9 Å². The largest absolute Gasteiger partial charge is 0.378 e. The van der Waals surface area contributed by atoms with E-state index in [9.17, 15) is 4.79 Å². The summed E-state index contributed by atoms with van der Waals surface area (Å²) in [5.74, 6) is -0.0335. The van der Waals surface area contributed by atoms with E-state index in [0.29, 0.717) is 17.8 Å². The molecule has 2 aromatic rings. The molecule has 2 unspecified atom stereocenters. The van der Waals surface area contributed by atoms with Crippen LogP contribution in [0.3, 0.4) is 0 Å². The van der Waals surface area contributed by atoms with Crippen molar-refractivity contribution in [3.63, 3.8) is 0 Å². The second-order valence-corrected chi connectivity index (χ2v) is 9.23. The molecule has 1 amide bonds. The van der Waals surface area contributed by atoms with Crippen molar-refractivity contribution < 1.29 is 9.53 Å². The number of carbonyl (C=O) groups is 1. The van der Waals surface area contributed by atoms with E-state index in [0.717, 1.165) is 56.5 Å². The van der Waals surface area contributed by atoms with E-state index in [1.165, 1.54) is 32.1 Å². The molecule has 6 heteroatoms. The normalized spacial score (nSPS) is 23.9. The Kier molecular flexibility index (Phi) is 7.62. The average Bonchev–Trinajstić information content (AvgIpc) is 3.13.